The van der Waals surface area contributed by atoms with Gasteiger partial charge in [-0.15, -0.1) is 5.10 Å². The third kappa shape index (κ3) is 14.2. The number of hydrogen-bond acceptors (Lipinski definition) is 9. The van der Waals surface area contributed by atoms with Crippen molar-refractivity contribution in [1.82, 2.24) is 30.3 Å². The van der Waals surface area contributed by atoms with Gasteiger partial charge in [-0.05, 0) is 99.5 Å². The summed E-state index contributed by atoms with van der Waals surface area (Å²) in [5.41, 5.74) is 2.89. The predicted octanol–water partition coefficient (Wildman–Crippen LogP) is 8.48. The van der Waals surface area contributed by atoms with E-state index in [1.807, 2.05) is 42.9 Å². The molecule has 0 spiro atoms. The summed E-state index contributed by atoms with van der Waals surface area (Å²) in [5.74, 6) is -0.126. The maximum Gasteiger partial charge on any atom is 0.308 e. The van der Waals surface area contributed by atoms with E-state index in [0.717, 1.165) is 76.2 Å². The number of esters is 1. The number of aryl methyl sites for hydroxylation is 2. The second kappa shape index (κ2) is 22.8. The fourth-order valence-corrected chi connectivity index (χ4v) is 5.73. The van der Waals surface area contributed by atoms with E-state index in [-0.39, 0.29) is 0 Å². The molecule has 0 radical (unpaired) electrons. The molecule has 0 saturated carbocycles. The summed E-state index contributed by atoms with van der Waals surface area (Å²) in [6.07, 6.45) is 23.1. The Kier molecular flexibility index (Phi) is 17.8. The number of carbonyl (C=O) groups excluding carboxylic acids is 1. The average Bonchev–Trinajstić information content (AvgIpc) is 3.59. The number of rotatable bonds is 24. The van der Waals surface area contributed by atoms with E-state index in [1.165, 1.54) is 25.3 Å². The lowest BCUT2D eigenvalue weighted by Gasteiger charge is -2.11. The number of aromatic nitrogens is 5. The fraction of sp³-hybridized carbons (Fsp3) is 0.447. The number of ether oxygens (including phenoxy) is 3. The molecular weight excluding hydrogens is 675 g/mol. The standard InChI is InChI=1S/C38H48Cl2N6O4/c1-30(47)50-38-34(27-35(40)33-17-10-21-43-37(33)38)36-29-46(45-44-36)22-5-7-24-49-26-12-16-32(39)15-9-19-41-18-4-2-3-6-23-48-25-11-14-31-13-8-20-42-28-31/h8-10,13,15,17,19-21,27-29,41H,2-7,11-12,14,16,18,22-26H2,1H3/b19-9-,32-15-. The smallest absolute Gasteiger partial charge is 0.308 e. The maximum atomic E-state index is 11.8. The van der Waals surface area contributed by atoms with Gasteiger partial charge in [-0.3, -0.25) is 19.4 Å². The number of benzene rings is 1. The van der Waals surface area contributed by atoms with Gasteiger partial charge in [0.2, 0.25) is 0 Å². The van der Waals surface area contributed by atoms with Gasteiger partial charge in [-0.25, -0.2) is 0 Å². The zero-order valence-corrected chi connectivity index (χ0v) is 30.4. The molecule has 0 fully saturated rings. The molecule has 0 aliphatic rings. The summed E-state index contributed by atoms with van der Waals surface area (Å²) in [7, 11) is 0. The van der Waals surface area contributed by atoms with Crippen LogP contribution < -0.4 is 10.1 Å². The Bertz CT molecular complexity index is 1650. The van der Waals surface area contributed by atoms with Crippen molar-refractivity contribution in [2.45, 2.75) is 77.7 Å². The highest BCUT2D eigenvalue weighted by molar-refractivity contribution is 6.36. The van der Waals surface area contributed by atoms with Gasteiger partial charge in [-0.2, -0.15) is 0 Å². The molecular formula is C38H48Cl2N6O4. The first-order chi connectivity index (χ1) is 24.5. The Morgan fingerprint density at radius 2 is 1.74 bits per heavy atom. The Hall–Kier alpha value is -3.83. The zero-order chi connectivity index (χ0) is 35.2. The molecule has 0 unspecified atom stereocenters. The minimum Gasteiger partial charge on any atom is -0.424 e. The quantitative estimate of drug-likeness (QED) is 0.0329. The van der Waals surface area contributed by atoms with E-state index in [9.17, 15) is 4.79 Å². The van der Waals surface area contributed by atoms with Crippen LogP contribution in [0.1, 0.15) is 70.3 Å². The molecule has 0 amide bonds. The van der Waals surface area contributed by atoms with Gasteiger partial charge < -0.3 is 19.5 Å². The van der Waals surface area contributed by atoms with Crippen LogP contribution in [0.3, 0.4) is 0 Å². The summed E-state index contributed by atoms with van der Waals surface area (Å²) in [6, 6.07) is 9.44. The number of nitrogens with zero attached hydrogens (tertiary/aromatic N) is 5. The Morgan fingerprint density at radius 3 is 2.56 bits per heavy atom. The normalized spacial score (nSPS) is 11.9. The van der Waals surface area contributed by atoms with E-state index < -0.39 is 5.97 Å². The molecule has 0 bridgehead atoms. The van der Waals surface area contributed by atoms with Crippen LogP contribution in [0.25, 0.3) is 22.2 Å². The number of fused-ring (bicyclic) bond motifs is 1. The van der Waals surface area contributed by atoms with Gasteiger partial charge in [-0.1, -0.05) is 47.3 Å². The van der Waals surface area contributed by atoms with Crippen LogP contribution in [-0.4, -0.2) is 63.9 Å². The van der Waals surface area contributed by atoms with Crippen molar-refractivity contribution in [3.63, 3.8) is 0 Å². The maximum absolute atomic E-state index is 11.8. The minimum absolute atomic E-state index is 0.323. The first-order valence-corrected chi connectivity index (χ1v) is 18.2. The average molecular weight is 724 g/mol. The molecule has 1 N–H and O–H groups in total. The van der Waals surface area contributed by atoms with E-state index in [4.69, 9.17) is 37.4 Å². The molecule has 50 heavy (non-hydrogen) atoms. The summed E-state index contributed by atoms with van der Waals surface area (Å²) in [6.45, 7) is 5.95. The first kappa shape index (κ1) is 39.0. The molecule has 0 aliphatic carbocycles. The zero-order valence-electron chi connectivity index (χ0n) is 28.9. The van der Waals surface area contributed by atoms with Crippen LogP contribution >= 0.6 is 23.2 Å². The lowest BCUT2D eigenvalue weighted by Crippen LogP contribution is -2.06. The monoisotopic (exact) mass is 722 g/mol. The molecule has 0 aliphatic heterocycles. The van der Waals surface area contributed by atoms with Crippen molar-refractivity contribution < 1.29 is 19.0 Å². The van der Waals surface area contributed by atoms with Gasteiger partial charge in [0.15, 0.2) is 5.75 Å². The molecule has 4 aromatic rings. The van der Waals surface area contributed by atoms with Crippen molar-refractivity contribution >= 4 is 40.1 Å². The number of halogens is 2. The Morgan fingerprint density at radius 1 is 0.960 bits per heavy atom. The molecule has 0 saturated heterocycles. The van der Waals surface area contributed by atoms with Gasteiger partial charge in [0.25, 0.3) is 0 Å². The molecule has 3 heterocycles. The summed E-state index contributed by atoms with van der Waals surface area (Å²) in [5, 5.41) is 13.9. The van der Waals surface area contributed by atoms with Crippen LogP contribution in [0, 0.1) is 0 Å². The van der Waals surface area contributed by atoms with Crippen LogP contribution in [0.2, 0.25) is 5.02 Å². The number of nitrogens with one attached hydrogen (secondary N) is 1. The highest BCUT2D eigenvalue weighted by Gasteiger charge is 2.19. The molecule has 0 atom stereocenters. The molecule has 3 aromatic heterocycles. The van der Waals surface area contributed by atoms with E-state index >= 15 is 0 Å². The summed E-state index contributed by atoms with van der Waals surface area (Å²) < 4.78 is 18.8. The molecule has 12 heteroatoms. The molecule has 10 nitrogen and oxygen atoms in total. The number of pyridine rings is 2. The van der Waals surface area contributed by atoms with E-state index in [1.54, 1.807) is 29.2 Å². The second-order valence-electron chi connectivity index (χ2n) is 11.9. The fourth-order valence-electron chi connectivity index (χ4n) is 5.27. The Balaban J connectivity index is 0.987. The highest BCUT2D eigenvalue weighted by Crippen LogP contribution is 2.39. The SMILES string of the molecule is CC(=O)Oc1c(-c2cn(CCCCOCCC/C(Cl)=C/C=C\NCCCCCCOCCCc3cccnc3)nn2)cc(Cl)c2cccnc12. The largest absolute Gasteiger partial charge is 0.424 e. The number of unbranched alkanes of at least 4 members (excludes halogenated alkanes) is 4. The third-order valence-electron chi connectivity index (χ3n) is 7.81. The van der Waals surface area contributed by atoms with Crippen molar-refractivity contribution in [1.29, 1.82) is 0 Å². The van der Waals surface area contributed by atoms with Crippen molar-refractivity contribution in [3.05, 3.63) is 89.1 Å². The van der Waals surface area contributed by atoms with Gasteiger partial charge in [0.1, 0.15) is 11.2 Å². The highest BCUT2D eigenvalue weighted by atomic mass is 35.5. The van der Waals surface area contributed by atoms with Gasteiger partial charge in [0, 0.05) is 75.4 Å². The predicted molar refractivity (Wildman–Crippen MR) is 199 cm³/mol. The van der Waals surface area contributed by atoms with E-state index in [2.05, 4.69) is 31.7 Å². The van der Waals surface area contributed by atoms with Gasteiger partial charge >= 0.3 is 5.97 Å². The molecule has 4 rings (SSSR count). The Labute approximate surface area is 305 Å². The van der Waals surface area contributed by atoms with Gasteiger partial charge in [0.05, 0.1) is 16.8 Å². The topological polar surface area (TPSA) is 113 Å². The van der Waals surface area contributed by atoms with Crippen LogP contribution in [0.5, 0.6) is 5.75 Å². The number of allylic oxidation sites excluding steroid dienone is 3. The first-order valence-electron chi connectivity index (χ1n) is 17.5. The lowest BCUT2D eigenvalue weighted by atomic mass is 10.1. The van der Waals surface area contributed by atoms with Crippen molar-refractivity contribution in [3.8, 4) is 17.0 Å². The minimum atomic E-state index is -0.449. The summed E-state index contributed by atoms with van der Waals surface area (Å²) in [4.78, 5) is 20.4. The third-order valence-corrected chi connectivity index (χ3v) is 8.44. The molecule has 1 aromatic carbocycles. The number of carbonyl (C=O) groups is 1. The van der Waals surface area contributed by atoms with E-state index in [0.29, 0.717) is 52.7 Å². The van der Waals surface area contributed by atoms with Crippen LogP contribution in [0.15, 0.2) is 78.5 Å². The van der Waals surface area contributed by atoms with Crippen LogP contribution in [0.4, 0.5) is 0 Å². The van der Waals surface area contributed by atoms with Crippen molar-refractivity contribution in [2.75, 3.05) is 33.0 Å². The summed E-state index contributed by atoms with van der Waals surface area (Å²) >= 11 is 12.9. The van der Waals surface area contributed by atoms with Crippen molar-refractivity contribution in [2.24, 2.45) is 0 Å². The molecule has 268 valence electrons. The van der Waals surface area contributed by atoms with Crippen LogP contribution in [-0.2, 0) is 27.2 Å². The lowest BCUT2D eigenvalue weighted by molar-refractivity contribution is -0.131. The number of hydrogen-bond donors (Lipinski definition) is 1. The second-order valence-corrected chi connectivity index (χ2v) is 12.8.